The van der Waals surface area contributed by atoms with Gasteiger partial charge < -0.3 is 0 Å². The molecule has 23 heavy (non-hydrogen) atoms. The van der Waals surface area contributed by atoms with Gasteiger partial charge in [0.25, 0.3) is 0 Å². The van der Waals surface area contributed by atoms with E-state index in [1.165, 1.54) is 4.31 Å². The molecule has 1 heterocycles. The minimum atomic E-state index is -3.43. The second-order valence-corrected chi connectivity index (χ2v) is 8.24. The highest BCUT2D eigenvalue weighted by Crippen LogP contribution is 2.44. The molecule has 0 aromatic heterocycles. The topological polar surface area (TPSA) is 40.6 Å². The Morgan fingerprint density at radius 2 is 1.83 bits per heavy atom. The standard InChI is InChI=1S/C18H19N2O2S/c1-13-4-3-5-15(10-13)16-8-9-17-18(11-16)19(2)23(21,22)20(17)12-14-6-7-14/h3-5,8-11,14H,1,6-7,12H2,2H3. The van der Waals surface area contributed by atoms with Gasteiger partial charge in [-0.1, -0.05) is 30.3 Å². The van der Waals surface area contributed by atoms with E-state index in [9.17, 15) is 8.42 Å². The fourth-order valence-electron chi connectivity index (χ4n) is 3.04. The molecular formula is C18H19N2O2S. The molecule has 1 fully saturated rings. The first-order chi connectivity index (χ1) is 11.0. The molecule has 1 aliphatic carbocycles. The van der Waals surface area contributed by atoms with Gasteiger partial charge in [0.2, 0.25) is 0 Å². The molecule has 0 atom stereocenters. The van der Waals surface area contributed by atoms with Crippen molar-refractivity contribution in [1.82, 2.24) is 0 Å². The molecule has 0 amide bonds. The molecule has 0 spiro atoms. The third-order valence-electron chi connectivity index (χ3n) is 4.59. The smallest absolute Gasteiger partial charge is 0.254 e. The lowest BCUT2D eigenvalue weighted by Crippen LogP contribution is -2.36. The van der Waals surface area contributed by atoms with Crippen LogP contribution in [0.25, 0.3) is 11.1 Å². The first kappa shape index (κ1) is 14.6. The summed E-state index contributed by atoms with van der Waals surface area (Å²) in [7, 11) is -1.81. The zero-order chi connectivity index (χ0) is 16.2. The summed E-state index contributed by atoms with van der Waals surface area (Å²) in [5.41, 5.74) is 4.53. The van der Waals surface area contributed by atoms with E-state index in [4.69, 9.17) is 0 Å². The van der Waals surface area contributed by atoms with E-state index in [0.717, 1.165) is 40.9 Å². The molecular weight excluding hydrogens is 308 g/mol. The summed E-state index contributed by atoms with van der Waals surface area (Å²) in [6, 6.07) is 13.8. The van der Waals surface area contributed by atoms with Gasteiger partial charge in [-0.25, -0.2) is 0 Å². The monoisotopic (exact) mass is 327 g/mol. The minimum Gasteiger partial charge on any atom is -0.254 e. The van der Waals surface area contributed by atoms with Crippen molar-refractivity contribution in [2.45, 2.75) is 12.8 Å². The van der Waals surface area contributed by atoms with E-state index >= 15 is 0 Å². The van der Waals surface area contributed by atoms with Crippen molar-refractivity contribution in [3.05, 3.63) is 55.0 Å². The van der Waals surface area contributed by atoms with Crippen molar-refractivity contribution in [1.29, 1.82) is 0 Å². The van der Waals surface area contributed by atoms with Crippen molar-refractivity contribution in [3.63, 3.8) is 0 Å². The Hall–Kier alpha value is -2.01. The molecule has 2 aromatic carbocycles. The molecule has 0 N–H and O–H groups in total. The number of benzene rings is 2. The fourth-order valence-corrected chi connectivity index (χ4v) is 4.53. The Morgan fingerprint density at radius 3 is 2.52 bits per heavy atom. The molecule has 2 aliphatic rings. The van der Waals surface area contributed by atoms with Crippen LogP contribution in [0.2, 0.25) is 0 Å². The zero-order valence-electron chi connectivity index (χ0n) is 13.1. The van der Waals surface area contributed by atoms with Crippen molar-refractivity contribution in [2.24, 2.45) is 5.92 Å². The SMILES string of the molecule is [CH2]c1cccc(-c2ccc3c(c2)N(C)S(=O)(=O)N3CC2CC2)c1. The van der Waals surface area contributed by atoms with E-state index in [-0.39, 0.29) is 0 Å². The van der Waals surface area contributed by atoms with Crippen LogP contribution in [0, 0.1) is 12.8 Å². The van der Waals surface area contributed by atoms with Crippen molar-refractivity contribution < 1.29 is 8.42 Å². The Labute approximate surface area is 137 Å². The van der Waals surface area contributed by atoms with Crippen molar-refractivity contribution in [3.8, 4) is 11.1 Å². The van der Waals surface area contributed by atoms with Gasteiger partial charge in [0.15, 0.2) is 0 Å². The molecule has 5 heteroatoms. The van der Waals surface area contributed by atoms with Crippen LogP contribution in [0.5, 0.6) is 0 Å². The number of hydrogen-bond acceptors (Lipinski definition) is 2. The van der Waals surface area contributed by atoms with Crippen LogP contribution >= 0.6 is 0 Å². The Bertz CT molecular complexity index is 872. The van der Waals surface area contributed by atoms with Crippen LogP contribution in [-0.4, -0.2) is 22.0 Å². The lowest BCUT2D eigenvalue weighted by atomic mass is 10.0. The van der Waals surface area contributed by atoms with Gasteiger partial charge >= 0.3 is 10.2 Å². The quantitative estimate of drug-likeness (QED) is 0.866. The summed E-state index contributed by atoms with van der Waals surface area (Å²) in [5.74, 6) is 0.506. The first-order valence-electron chi connectivity index (χ1n) is 7.80. The third kappa shape index (κ3) is 2.39. The van der Waals surface area contributed by atoms with Crippen molar-refractivity contribution in [2.75, 3.05) is 22.2 Å². The molecule has 1 radical (unpaired) electrons. The summed E-state index contributed by atoms with van der Waals surface area (Å²) >= 11 is 0. The Balaban J connectivity index is 1.79. The summed E-state index contributed by atoms with van der Waals surface area (Å²) < 4.78 is 28.3. The maximum atomic E-state index is 12.7. The van der Waals surface area contributed by atoms with Gasteiger partial charge in [-0.05, 0) is 54.5 Å². The third-order valence-corrected chi connectivity index (χ3v) is 6.38. The maximum absolute atomic E-state index is 12.7. The predicted octanol–water partition coefficient (Wildman–Crippen LogP) is 3.45. The molecule has 1 saturated carbocycles. The second kappa shape index (κ2) is 4.99. The number of rotatable bonds is 3. The normalized spacial score (nSPS) is 19.0. The lowest BCUT2D eigenvalue weighted by Gasteiger charge is -2.18. The van der Waals surface area contributed by atoms with Gasteiger partial charge in [-0.15, -0.1) is 0 Å². The number of hydrogen-bond donors (Lipinski definition) is 0. The molecule has 0 saturated heterocycles. The van der Waals surface area contributed by atoms with E-state index < -0.39 is 10.2 Å². The van der Waals surface area contributed by atoms with E-state index in [0.29, 0.717) is 12.5 Å². The van der Waals surface area contributed by atoms with Gasteiger partial charge in [0.05, 0.1) is 11.4 Å². The summed E-state index contributed by atoms with van der Waals surface area (Å²) in [5, 5.41) is 0. The minimum absolute atomic E-state index is 0.506. The number of nitrogens with zero attached hydrogens (tertiary/aromatic N) is 2. The highest BCUT2D eigenvalue weighted by Gasteiger charge is 2.40. The van der Waals surface area contributed by atoms with E-state index in [1.807, 2.05) is 42.5 Å². The van der Waals surface area contributed by atoms with Crippen molar-refractivity contribution >= 4 is 21.6 Å². The van der Waals surface area contributed by atoms with Crippen LogP contribution in [-0.2, 0) is 10.2 Å². The molecule has 119 valence electrons. The van der Waals surface area contributed by atoms with Gasteiger partial charge in [-0.2, -0.15) is 8.42 Å². The molecule has 1 aliphatic heterocycles. The average Bonchev–Trinajstić information content (AvgIpc) is 3.32. The maximum Gasteiger partial charge on any atom is 0.326 e. The molecule has 4 nitrogen and oxygen atoms in total. The van der Waals surface area contributed by atoms with E-state index in [1.54, 1.807) is 11.4 Å². The van der Waals surface area contributed by atoms with Gasteiger partial charge in [0, 0.05) is 13.6 Å². The Morgan fingerprint density at radius 1 is 1.09 bits per heavy atom. The largest absolute Gasteiger partial charge is 0.326 e. The van der Waals surface area contributed by atoms with Gasteiger partial charge in [-0.3, -0.25) is 8.61 Å². The lowest BCUT2D eigenvalue weighted by molar-refractivity contribution is 0.590. The van der Waals surface area contributed by atoms with Crippen LogP contribution < -0.4 is 8.61 Å². The zero-order valence-corrected chi connectivity index (χ0v) is 13.9. The van der Waals surface area contributed by atoms with Gasteiger partial charge in [0.1, 0.15) is 0 Å². The average molecular weight is 327 g/mol. The van der Waals surface area contributed by atoms with E-state index in [2.05, 4.69) is 6.92 Å². The van der Waals surface area contributed by atoms with Crippen LogP contribution in [0.3, 0.4) is 0 Å². The predicted molar refractivity (Wildman–Crippen MR) is 93.7 cm³/mol. The highest BCUT2D eigenvalue weighted by atomic mass is 32.2. The number of fused-ring (bicyclic) bond motifs is 1. The molecule has 2 aromatic rings. The first-order valence-corrected chi connectivity index (χ1v) is 9.19. The highest BCUT2D eigenvalue weighted by molar-refractivity contribution is 7.94. The summed E-state index contributed by atoms with van der Waals surface area (Å²) in [4.78, 5) is 0. The second-order valence-electron chi connectivity index (χ2n) is 6.35. The Kier molecular flexibility index (Phi) is 3.17. The van der Waals surface area contributed by atoms with Crippen LogP contribution in [0.4, 0.5) is 11.4 Å². The van der Waals surface area contributed by atoms with Crippen LogP contribution in [0.1, 0.15) is 18.4 Å². The van der Waals surface area contributed by atoms with Crippen LogP contribution in [0.15, 0.2) is 42.5 Å². The number of anilines is 2. The molecule has 0 unspecified atom stereocenters. The fraction of sp³-hybridized carbons (Fsp3) is 0.278. The summed E-state index contributed by atoms with van der Waals surface area (Å²) in [6.07, 6.45) is 2.25. The summed E-state index contributed by atoms with van der Waals surface area (Å²) in [6.45, 7) is 4.55. The molecule has 4 rings (SSSR count). The molecule has 0 bridgehead atoms.